The molecule has 6 amide bonds. The molecule has 3 aliphatic heterocycles. The van der Waals surface area contributed by atoms with Gasteiger partial charge in [-0.05, 0) is 111 Å². The van der Waals surface area contributed by atoms with Crippen LogP contribution in [0.4, 0.5) is 21.0 Å². The maximum Gasteiger partial charge on any atom is 0.408 e. The predicted molar refractivity (Wildman–Crippen MR) is 321 cm³/mol. The van der Waals surface area contributed by atoms with Crippen LogP contribution in [0.2, 0.25) is 0 Å². The third-order valence-electron chi connectivity index (χ3n) is 13.7. The summed E-state index contributed by atoms with van der Waals surface area (Å²) in [5.41, 5.74) is -1.13. The molecule has 1 spiro atoms. The van der Waals surface area contributed by atoms with Crippen LogP contribution in [0.3, 0.4) is 0 Å². The van der Waals surface area contributed by atoms with Gasteiger partial charge in [-0.3, -0.25) is 34.1 Å². The lowest BCUT2D eigenvalue weighted by molar-refractivity contribution is -0.157. The third kappa shape index (κ3) is 18.7. The third-order valence-corrected chi connectivity index (χ3v) is 13.7. The van der Waals surface area contributed by atoms with Gasteiger partial charge in [0.1, 0.15) is 47.0 Å². The van der Waals surface area contributed by atoms with E-state index in [1.54, 1.807) is 166 Å². The Balaban J connectivity index is 1.07. The maximum atomic E-state index is 14.5. The van der Waals surface area contributed by atoms with Crippen molar-refractivity contribution in [3.63, 3.8) is 0 Å². The van der Waals surface area contributed by atoms with E-state index < -0.39 is 113 Å². The minimum absolute atomic E-state index is 0.0178. The van der Waals surface area contributed by atoms with Crippen molar-refractivity contribution in [2.45, 2.75) is 155 Å². The largest absolute Gasteiger partial charge is 0.460 e. The highest BCUT2D eigenvalue weighted by Crippen LogP contribution is 2.57. The fourth-order valence-electron chi connectivity index (χ4n) is 9.88. The van der Waals surface area contributed by atoms with Crippen molar-refractivity contribution in [1.29, 1.82) is 0 Å². The van der Waals surface area contributed by atoms with Gasteiger partial charge < -0.3 is 69.4 Å². The molecule has 474 valence electrons. The number of rotatable bonds is 23. The molecule has 0 bridgehead atoms. The molecule has 7 rings (SSSR count). The molecule has 0 radical (unpaired) electrons. The van der Waals surface area contributed by atoms with Gasteiger partial charge in [0.15, 0.2) is 5.60 Å². The number of hydrogen-bond acceptors (Lipinski definition) is 18. The number of anilines is 2. The number of esters is 4. The lowest BCUT2D eigenvalue weighted by Crippen LogP contribution is -2.54. The van der Waals surface area contributed by atoms with Gasteiger partial charge in [-0.2, -0.15) is 0 Å². The molecule has 24 heteroatoms. The van der Waals surface area contributed by atoms with Crippen molar-refractivity contribution in [1.82, 2.24) is 26.2 Å². The van der Waals surface area contributed by atoms with E-state index in [0.29, 0.717) is 59.8 Å². The monoisotopic (exact) mass is 1220 g/mol. The SMILES string of the molecule is CC(C)C(NCOCC(CCC(=O)OC(C)(C)C)NC(=O)C(CC(=O)OC(C)(C)C)NC(=O)OCc1ccccc1)C(=O)NC(CC(=O)OC(C)(C)C)C(=O)Nc1ccc2c(c1)Oc1cc(NC(=O)N3CCOCC3)ccc1C21OC(=O)c2ccccc21. The second-order valence-corrected chi connectivity index (χ2v) is 24.8. The second-order valence-electron chi connectivity index (χ2n) is 24.8. The summed E-state index contributed by atoms with van der Waals surface area (Å²) >= 11 is 0. The van der Waals surface area contributed by atoms with E-state index in [4.69, 9.17) is 37.9 Å². The van der Waals surface area contributed by atoms with Crippen LogP contribution < -0.4 is 36.6 Å². The number of fused-ring (bicyclic) bond motifs is 6. The number of amides is 6. The number of carbonyl (C=O) groups is 9. The first kappa shape index (κ1) is 66.9. The summed E-state index contributed by atoms with van der Waals surface area (Å²) < 4.78 is 46.2. The van der Waals surface area contributed by atoms with Crippen LogP contribution in [0.25, 0.3) is 0 Å². The van der Waals surface area contributed by atoms with Gasteiger partial charge in [-0.1, -0.05) is 62.4 Å². The van der Waals surface area contributed by atoms with Crippen molar-refractivity contribution in [3.05, 3.63) is 119 Å². The number of ether oxygens (including phenoxy) is 8. The average molecular weight is 1220 g/mol. The number of benzene rings is 4. The Bertz CT molecular complexity index is 3200. The van der Waals surface area contributed by atoms with E-state index in [2.05, 4.69) is 31.9 Å². The van der Waals surface area contributed by atoms with Crippen molar-refractivity contribution < 1.29 is 81.0 Å². The molecule has 5 atom stereocenters. The van der Waals surface area contributed by atoms with Crippen molar-refractivity contribution in [2.24, 2.45) is 5.92 Å². The molecule has 1 saturated heterocycles. The highest BCUT2D eigenvalue weighted by atomic mass is 16.6. The van der Waals surface area contributed by atoms with Crippen molar-refractivity contribution in [3.8, 4) is 11.5 Å². The van der Waals surface area contributed by atoms with E-state index in [1.807, 2.05) is 0 Å². The van der Waals surface area contributed by atoms with Gasteiger partial charge in [-0.25, -0.2) is 14.4 Å². The average Bonchev–Trinajstić information content (AvgIpc) is 1.44. The highest BCUT2D eigenvalue weighted by molar-refractivity contribution is 6.01. The summed E-state index contributed by atoms with van der Waals surface area (Å²) in [5, 5.41) is 16.7. The molecule has 88 heavy (non-hydrogen) atoms. The van der Waals surface area contributed by atoms with Gasteiger partial charge >= 0.3 is 36.0 Å². The summed E-state index contributed by atoms with van der Waals surface area (Å²) in [6.45, 7) is 19.5. The first-order chi connectivity index (χ1) is 41.5. The number of morpholine rings is 1. The molecule has 0 aromatic heterocycles. The zero-order valence-corrected chi connectivity index (χ0v) is 51.7. The molecular weight excluding hydrogens is 1140 g/mol. The zero-order valence-electron chi connectivity index (χ0n) is 51.7. The molecule has 3 aliphatic rings. The predicted octanol–water partition coefficient (Wildman–Crippen LogP) is 7.50. The number of alkyl carbamates (subject to hydrolysis) is 1. The molecule has 5 unspecified atom stereocenters. The van der Waals surface area contributed by atoms with Gasteiger partial charge in [0.05, 0.1) is 57.0 Å². The fourth-order valence-corrected chi connectivity index (χ4v) is 9.88. The van der Waals surface area contributed by atoms with Crippen LogP contribution in [0.15, 0.2) is 91.0 Å². The Morgan fingerprint density at radius 1 is 0.625 bits per heavy atom. The Morgan fingerprint density at radius 3 is 1.77 bits per heavy atom. The fraction of sp³-hybridized carbons (Fsp3) is 0.484. The van der Waals surface area contributed by atoms with Crippen LogP contribution in [-0.4, -0.2) is 139 Å². The van der Waals surface area contributed by atoms with Gasteiger partial charge in [0, 0.05) is 59.7 Å². The second kappa shape index (κ2) is 28.9. The molecule has 6 N–H and O–H groups in total. The first-order valence-electron chi connectivity index (χ1n) is 29.3. The van der Waals surface area contributed by atoms with E-state index in [-0.39, 0.29) is 56.0 Å². The van der Waals surface area contributed by atoms with Gasteiger partial charge in [-0.15, -0.1) is 0 Å². The lowest BCUT2D eigenvalue weighted by atomic mass is 9.77. The van der Waals surface area contributed by atoms with E-state index in [0.717, 1.165) is 0 Å². The normalized spacial score (nSPS) is 16.6. The van der Waals surface area contributed by atoms with Crippen LogP contribution >= 0.6 is 0 Å². The number of carbonyl (C=O) groups excluding carboxylic acids is 9. The van der Waals surface area contributed by atoms with Crippen molar-refractivity contribution >= 4 is 65.1 Å². The molecule has 0 aliphatic carbocycles. The quantitative estimate of drug-likeness (QED) is 0.0181. The summed E-state index contributed by atoms with van der Waals surface area (Å²) in [7, 11) is 0. The summed E-state index contributed by atoms with van der Waals surface area (Å²) in [6, 6.07) is 20.3. The lowest BCUT2D eigenvalue weighted by Gasteiger charge is -2.37. The summed E-state index contributed by atoms with van der Waals surface area (Å²) in [6.07, 6.45) is -2.34. The number of urea groups is 1. The molecular formula is C64H81N7O17. The topological polar surface area (TPSA) is 303 Å². The minimum Gasteiger partial charge on any atom is -0.460 e. The van der Waals surface area contributed by atoms with E-state index in [9.17, 15) is 43.2 Å². The maximum absolute atomic E-state index is 14.5. The van der Waals surface area contributed by atoms with Crippen LogP contribution in [-0.2, 0) is 74.1 Å². The van der Waals surface area contributed by atoms with E-state index >= 15 is 0 Å². The van der Waals surface area contributed by atoms with E-state index in [1.165, 1.54) is 6.07 Å². The van der Waals surface area contributed by atoms with Crippen LogP contribution in [0, 0.1) is 5.92 Å². The molecule has 4 aromatic rings. The Labute approximate surface area is 512 Å². The Hall–Kier alpha value is -8.61. The molecule has 3 heterocycles. The standard InChI is InChI=1S/C64H81N7O17/c1-38(2)54(65-37-82-36-42(23-26-51(72)85-61(3,4)5)67-56(76)48(34-53(74)87-63(9,10)11)70-60(80)83-35-39-17-13-12-14-18-39)57(77)69-47(33-52(73)86-62(6,7)8)55(75)66-40-21-24-45-49(31-40)84-50-32-41(68-59(79)71-27-29-81-30-28-71)22-25-46(50)64(45)44-20-16-15-19-43(44)58(78)88-64/h12-22,24-25,31-32,38,42,47-48,54,65H,23,26-30,33-37H2,1-11H3,(H,66,75)(H,67,76)(H,68,79)(H,69,77)(H,70,80). The highest BCUT2D eigenvalue weighted by Gasteiger charge is 2.53. The zero-order chi connectivity index (χ0) is 64.1. The number of hydrogen-bond donors (Lipinski definition) is 6. The summed E-state index contributed by atoms with van der Waals surface area (Å²) in [5.74, 6) is -5.04. The number of nitrogens with zero attached hydrogens (tertiary/aromatic N) is 1. The van der Waals surface area contributed by atoms with Crippen molar-refractivity contribution in [2.75, 3.05) is 50.3 Å². The summed E-state index contributed by atoms with van der Waals surface area (Å²) in [4.78, 5) is 124. The number of nitrogens with one attached hydrogen (secondary N) is 6. The molecule has 0 saturated carbocycles. The van der Waals surface area contributed by atoms with Gasteiger partial charge in [0.2, 0.25) is 17.7 Å². The first-order valence-corrected chi connectivity index (χ1v) is 29.3. The Kier molecular flexibility index (Phi) is 22.0. The minimum atomic E-state index is -1.51. The Morgan fingerprint density at radius 2 is 1.18 bits per heavy atom. The molecule has 4 aromatic carbocycles. The van der Waals surface area contributed by atoms with Gasteiger partial charge in [0.25, 0.3) is 0 Å². The van der Waals surface area contributed by atoms with Crippen LogP contribution in [0.5, 0.6) is 11.5 Å². The molecule has 24 nitrogen and oxygen atoms in total. The van der Waals surface area contributed by atoms with Crippen LogP contribution in [0.1, 0.15) is 134 Å². The smallest absolute Gasteiger partial charge is 0.408 e. The molecule has 1 fully saturated rings.